The molecule has 2 heteroatoms. The Bertz CT molecular complexity index is 2960. The number of nitrogens with zero attached hydrogens (tertiary/aromatic N) is 1. The summed E-state index contributed by atoms with van der Waals surface area (Å²) in [5.74, 6) is 0. The zero-order valence-electron chi connectivity index (χ0n) is 30.6. The van der Waals surface area contributed by atoms with Crippen LogP contribution in [0.5, 0.6) is 0 Å². The second-order valence-electron chi connectivity index (χ2n) is 14.6. The third-order valence-corrected chi connectivity index (χ3v) is 12.8. The normalized spacial score (nSPS) is 12.8. The number of thiophene rings is 1. The van der Waals surface area contributed by atoms with Crippen LogP contribution in [-0.2, 0) is 5.41 Å². The topological polar surface area (TPSA) is 12.9 Å². The Morgan fingerprint density at radius 2 is 0.911 bits per heavy atom. The van der Waals surface area contributed by atoms with Gasteiger partial charge in [0.1, 0.15) is 0 Å². The number of benzene rings is 8. The van der Waals surface area contributed by atoms with E-state index in [1.807, 2.05) is 11.3 Å². The van der Waals surface area contributed by atoms with Crippen molar-refractivity contribution in [2.75, 3.05) is 0 Å². The molecule has 0 unspecified atom stereocenters. The van der Waals surface area contributed by atoms with Gasteiger partial charge in [-0.2, -0.15) is 0 Å². The van der Waals surface area contributed by atoms with E-state index in [0.29, 0.717) is 0 Å². The van der Waals surface area contributed by atoms with E-state index in [2.05, 4.69) is 212 Å². The molecule has 0 amide bonds. The van der Waals surface area contributed by atoms with Gasteiger partial charge in [-0.25, -0.2) is 4.98 Å². The van der Waals surface area contributed by atoms with Crippen LogP contribution < -0.4 is 0 Å². The van der Waals surface area contributed by atoms with Gasteiger partial charge in [0, 0.05) is 36.9 Å². The summed E-state index contributed by atoms with van der Waals surface area (Å²) in [5, 5.41) is 2.58. The molecule has 1 aliphatic carbocycles. The zero-order chi connectivity index (χ0) is 37.1. The highest BCUT2D eigenvalue weighted by molar-refractivity contribution is 7.26. The number of hydrogen-bond donors (Lipinski definition) is 0. The third kappa shape index (κ3) is 5.04. The van der Waals surface area contributed by atoms with Crippen LogP contribution in [0.25, 0.3) is 76.1 Å². The minimum atomic E-state index is -0.524. The van der Waals surface area contributed by atoms with E-state index in [-0.39, 0.29) is 0 Å². The number of fused-ring (bicyclic) bond motifs is 6. The number of rotatable bonds is 6. The van der Waals surface area contributed by atoms with Crippen LogP contribution in [0.2, 0.25) is 0 Å². The van der Waals surface area contributed by atoms with Gasteiger partial charge < -0.3 is 0 Å². The number of aromatic nitrogens is 1. The van der Waals surface area contributed by atoms with E-state index >= 15 is 0 Å². The van der Waals surface area contributed by atoms with E-state index in [4.69, 9.17) is 4.98 Å². The lowest BCUT2D eigenvalue weighted by Gasteiger charge is -2.34. The predicted octanol–water partition coefficient (Wildman–Crippen LogP) is 14.5. The lowest BCUT2D eigenvalue weighted by atomic mass is 9.67. The summed E-state index contributed by atoms with van der Waals surface area (Å²) >= 11 is 1.88. The van der Waals surface area contributed by atoms with Crippen molar-refractivity contribution in [3.63, 3.8) is 0 Å². The highest BCUT2D eigenvalue weighted by Crippen LogP contribution is 2.58. The first-order valence-electron chi connectivity index (χ1n) is 19.2. The lowest BCUT2D eigenvalue weighted by Crippen LogP contribution is -2.28. The van der Waals surface area contributed by atoms with E-state index in [0.717, 1.165) is 28.1 Å². The van der Waals surface area contributed by atoms with Crippen molar-refractivity contribution in [1.29, 1.82) is 0 Å². The molecule has 2 heterocycles. The first kappa shape index (κ1) is 32.6. The fraction of sp³-hybridized carbons (Fsp3) is 0.0185. The van der Waals surface area contributed by atoms with E-state index < -0.39 is 5.41 Å². The molecular weight excluding hydrogens is 695 g/mol. The fourth-order valence-corrected chi connectivity index (χ4v) is 10.3. The van der Waals surface area contributed by atoms with E-state index in [1.165, 1.54) is 70.2 Å². The highest BCUT2D eigenvalue weighted by Gasteiger charge is 2.46. The molecule has 0 fully saturated rings. The fourth-order valence-electron chi connectivity index (χ4n) is 9.10. The highest BCUT2D eigenvalue weighted by atomic mass is 32.1. The summed E-state index contributed by atoms with van der Waals surface area (Å²) in [6, 6.07) is 77.6. The first-order chi connectivity index (χ1) is 27.8. The molecular formula is C54H35NS. The van der Waals surface area contributed by atoms with Crippen molar-refractivity contribution in [2.24, 2.45) is 0 Å². The monoisotopic (exact) mass is 729 g/mol. The predicted molar refractivity (Wildman–Crippen MR) is 236 cm³/mol. The van der Waals surface area contributed by atoms with Gasteiger partial charge in [0.2, 0.25) is 0 Å². The van der Waals surface area contributed by atoms with Gasteiger partial charge in [-0.3, -0.25) is 0 Å². The number of hydrogen-bond acceptors (Lipinski definition) is 2. The van der Waals surface area contributed by atoms with Crippen LogP contribution in [0.1, 0.15) is 22.3 Å². The summed E-state index contributed by atoms with van der Waals surface area (Å²) in [6.45, 7) is 0. The Labute approximate surface area is 330 Å². The molecule has 8 aromatic carbocycles. The molecule has 1 aliphatic rings. The molecule has 262 valence electrons. The second-order valence-corrected chi connectivity index (χ2v) is 15.7. The van der Waals surface area contributed by atoms with Gasteiger partial charge in [-0.1, -0.05) is 182 Å². The molecule has 2 aromatic heterocycles. The molecule has 0 aliphatic heterocycles. The van der Waals surface area contributed by atoms with Crippen molar-refractivity contribution >= 4 is 31.5 Å². The van der Waals surface area contributed by atoms with Crippen LogP contribution in [0, 0.1) is 0 Å². The summed E-state index contributed by atoms with van der Waals surface area (Å²) in [4.78, 5) is 5.55. The van der Waals surface area contributed by atoms with Gasteiger partial charge in [0.25, 0.3) is 0 Å². The van der Waals surface area contributed by atoms with Crippen molar-refractivity contribution in [3.05, 3.63) is 235 Å². The molecule has 0 saturated heterocycles. The largest absolute Gasteiger partial charge is 0.248 e. The van der Waals surface area contributed by atoms with E-state index in [1.54, 1.807) is 0 Å². The quantitative estimate of drug-likeness (QED) is 0.166. The molecule has 0 radical (unpaired) electrons. The van der Waals surface area contributed by atoms with Crippen molar-refractivity contribution in [1.82, 2.24) is 4.98 Å². The van der Waals surface area contributed by atoms with E-state index in [9.17, 15) is 0 Å². The van der Waals surface area contributed by atoms with Crippen LogP contribution in [0.4, 0.5) is 0 Å². The standard InChI is InChI=1S/C54H35NS/c1-5-18-36(19-6-1)38-32-50(37-20-7-2-8-21-37)55-51(33-38)47-34-46-41-26-13-15-30-48(41)54(39-22-9-3-10-23-39,40-24-11-4-12-25-40)49(46)35-45(47)44-29-17-28-43-42-27-14-16-31-52(42)56-53(43)44/h1-35H. The summed E-state index contributed by atoms with van der Waals surface area (Å²) in [5.41, 5.74) is 15.9. The molecule has 0 N–H and O–H groups in total. The summed E-state index contributed by atoms with van der Waals surface area (Å²) in [6.07, 6.45) is 0. The Morgan fingerprint density at radius 1 is 0.339 bits per heavy atom. The summed E-state index contributed by atoms with van der Waals surface area (Å²) < 4.78 is 2.58. The minimum absolute atomic E-state index is 0.524. The SMILES string of the molecule is c1ccc(-c2cc(-c3ccccc3)nc(-c3cc4c(cc3-c3cccc5c3sc3ccccc35)C(c3ccccc3)(c3ccccc3)c3ccccc3-4)c2)cc1. The zero-order valence-corrected chi connectivity index (χ0v) is 31.4. The van der Waals surface area contributed by atoms with Crippen LogP contribution in [-0.4, -0.2) is 4.98 Å². The Morgan fingerprint density at radius 3 is 1.64 bits per heavy atom. The van der Waals surface area contributed by atoms with Crippen molar-refractivity contribution < 1.29 is 0 Å². The molecule has 56 heavy (non-hydrogen) atoms. The van der Waals surface area contributed by atoms with Gasteiger partial charge in [0.05, 0.1) is 16.8 Å². The Kier molecular flexibility index (Phi) is 7.65. The molecule has 1 nitrogen and oxygen atoms in total. The van der Waals surface area contributed by atoms with Gasteiger partial charge in [-0.15, -0.1) is 11.3 Å². The maximum absolute atomic E-state index is 5.55. The van der Waals surface area contributed by atoms with Crippen LogP contribution >= 0.6 is 11.3 Å². The average molecular weight is 730 g/mol. The molecule has 0 spiro atoms. The van der Waals surface area contributed by atoms with Crippen LogP contribution in [0.3, 0.4) is 0 Å². The van der Waals surface area contributed by atoms with Gasteiger partial charge in [0.15, 0.2) is 0 Å². The smallest absolute Gasteiger partial charge is 0.0722 e. The maximum Gasteiger partial charge on any atom is 0.0722 e. The maximum atomic E-state index is 5.55. The van der Waals surface area contributed by atoms with Crippen molar-refractivity contribution in [2.45, 2.75) is 5.41 Å². The first-order valence-corrected chi connectivity index (χ1v) is 20.0. The third-order valence-electron chi connectivity index (χ3n) is 11.6. The lowest BCUT2D eigenvalue weighted by molar-refractivity contribution is 0.769. The average Bonchev–Trinajstić information content (AvgIpc) is 3.81. The second kappa shape index (κ2) is 13.2. The molecule has 10 aromatic rings. The minimum Gasteiger partial charge on any atom is -0.248 e. The molecule has 11 rings (SSSR count). The van der Waals surface area contributed by atoms with Crippen LogP contribution in [0.15, 0.2) is 212 Å². The summed E-state index contributed by atoms with van der Waals surface area (Å²) in [7, 11) is 0. The molecule has 0 saturated carbocycles. The van der Waals surface area contributed by atoms with Gasteiger partial charge >= 0.3 is 0 Å². The Hall–Kier alpha value is -6.87. The number of pyridine rings is 1. The van der Waals surface area contributed by atoms with Gasteiger partial charge in [-0.05, 0) is 80.4 Å². The molecule has 0 atom stereocenters. The molecule has 0 bridgehead atoms. The van der Waals surface area contributed by atoms with Crippen molar-refractivity contribution in [3.8, 4) is 55.9 Å². The Balaban J connectivity index is 1.29.